The highest BCUT2D eigenvalue weighted by Gasteiger charge is 2.31. The second kappa shape index (κ2) is 6.95. The first kappa shape index (κ1) is 17.8. The number of thiocarbonyl (C=S) groups is 1. The normalized spacial score (nSPS) is 11.5. The van der Waals surface area contributed by atoms with Gasteiger partial charge in [0.1, 0.15) is 5.92 Å². The summed E-state index contributed by atoms with van der Waals surface area (Å²) in [6.07, 6.45) is 0. The quantitative estimate of drug-likeness (QED) is 0.475. The Balaban J connectivity index is 2.69. The van der Waals surface area contributed by atoms with E-state index in [-0.39, 0.29) is 16.4 Å². The van der Waals surface area contributed by atoms with E-state index >= 15 is 0 Å². The Kier molecular flexibility index (Phi) is 4.96. The van der Waals surface area contributed by atoms with Crippen LogP contribution in [0.3, 0.4) is 0 Å². The van der Waals surface area contributed by atoms with E-state index in [0.717, 1.165) is 4.68 Å². The minimum absolute atomic E-state index is 0.140. The molecule has 10 heteroatoms. The van der Waals surface area contributed by atoms with Crippen molar-refractivity contribution < 1.29 is 4.92 Å². The number of non-ortho nitro benzene ring substituents is 1. The number of H-pyrrole nitrogens is 1. The van der Waals surface area contributed by atoms with E-state index in [1.54, 1.807) is 6.92 Å². The van der Waals surface area contributed by atoms with Gasteiger partial charge < -0.3 is 5.73 Å². The number of nitrogens with zero attached hydrogens (tertiary/aromatic N) is 4. The van der Waals surface area contributed by atoms with E-state index < -0.39 is 22.3 Å². The molecule has 1 aromatic heterocycles. The van der Waals surface area contributed by atoms with E-state index in [1.807, 2.05) is 12.1 Å². The van der Waals surface area contributed by atoms with Crippen LogP contribution in [0.2, 0.25) is 0 Å². The summed E-state index contributed by atoms with van der Waals surface area (Å²) in [5, 5.41) is 31.9. The molecule has 0 aliphatic heterocycles. The predicted molar refractivity (Wildman–Crippen MR) is 91.6 cm³/mol. The Morgan fingerprint density at radius 3 is 2.32 bits per heavy atom. The van der Waals surface area contributed by atoms with Gasteiger partial charge in [0.25, 0.3) is 11.2 Å². The van der Waals surface area contributed by atoms with Gasteiger partial charge in [-0.2, -0.15) is 15.2 Å². The molecule has 0 saturated carbocycles. The maximum atomic E-state index is 12.6. The smallest absolute Gasteiger partial charge is 0.277 e. The summed E-state index contributed by atoms with van der Waals surface area (Å²) < 4.78 is 0.949. The van der Waals surface area contributed by atoms with Crippen molar-refractivity contribution in [3.05, 3.63) is 61.6 Å². The maximum Gasteiger partial charge on any atom is 0.277 e. The first-order chi connectivity index (χ1) is 11.8. The molecular weight excluding hydrogens is 344 g/mol. The van der Waals surface area contributed by atoms with Crippen molar-refractivity contribution >= 4 is 23.0 Å². The summed E-state index contributed by atoms with van der Waals surface area (Å²) in [6, 6.07) is 9.06. The number of nitrogens with two attached hydrogens (primary N) is 1. The van der Waals surface area contributed by atoms with Gasteiger partial charge in [0.05, 0.1) is 17.1 Å². The number of aromatic nitrogens is 2. The largest absolute Gasteiger partial charge is 0.374 e. The van der Waals surface area contributed by atoms with Crippen LogP contribution in [0, 0.1) is 45.6 Å². The molecule has 1 aromatic carbocycles. The van der Waals surface area contributed by atoms with Crippen molar-refractivity contribution in [2.45, 2.75) is 12.8 Å². The lowest BCUT2D eigenvalue weighted by molar-refractivity contribution is -0.384. The summed E-state index contributed by atoms with van der Waals surface area (Å²) in [5.74, 6) is -2.08. The Bertz CT molecular complexity index is 963. The average molecular weight is 356 g/mol. The number of aryl methyl sites for hydroxylation is 1. The molecule has 0 fully saturated rings. The zero-order valence-corrected chi connectivity index (χ0v) is 13.8. The molecule has 0 aliphatic carbocycles. The van der Waals surface area contributed by atoms with E-state index in [9.17, 15) is 25.4 Å². The Morgan fingerprint density at radius 1 is 1.36 bits per heavy atom. The molecule has 0 amide bonds. The van der Waals surface area contributed by atoms with E-state index in [0.29, 0.717) is 11.3 Å². The molecule has 0 spiro atoms. The van der Waals surface area contributed by atoms with Gasteiger partial charge in [-0.15, -0.1) is 0 Å². The Labute approximate surface area is 147 Å². The summed E-state index contributed by atoms with van der Waals surface area (Å²) in [4.78, 5) is 22.8. The number of hydrogen-bond donors (Lipinski definition) is 2. The minimum Gasteiger partial charge on any atom is -0.374 e. The van der Waals surface area contributed by atoms with E-state index in [1.165, 1.54) is 24.3 Å². The average Bonchev–Trinajstić information content (AvgIpc) is 2.87. The number of hydrogen-bond acceptors (Lipinski definition) is 6. The van der Waals surface area contributed by atoms with Gasteiger partial charge >= 0.3 is 0 Å². The van der Waals surface area contributed by atoms with E-state index in [4.69, 9.17) is 18.0 Å². The van der Waals surface area contributed by atoms with Crippen LogP contribution in [0.4, 0.5) is 5.69 Å². The molecule has 0 aliphatic rings. The van der Waals surface area contributed by atoms with Crippen LogP contribution in [-0.4, -0.2) is 19.8 Å². The van der Waals surface area contributed by atoms with Crippen LogP contribution in [0.1, 0.15) is 22.7 Å². The number of nitro benzene ring substituents is 1. The fourth-order valence-corrected chi connectivity index (χ4v) is 2.72. The fourth-order valence-electron chi connectivity index (χ4n) is 2.59. The Hall–Kier alpha value is -3.50. The minimum atomic E-state index is -1.18. The highest BCUT2D eigenvalue weighted by Crippen LogP contribution is 2.32. The molecule has 0 radical (unpaired) electrons. The number of benzene rings is 1. The molecule has 25 heavy (non-hydrogen) atoms. The highest BCUT2D eigenvalue weighted by atomic mass is 32.1. The third-order valence-corrected chi connectivity index (χ3v) is 3.91. The van der Waals surface area contributed by atoms with Crippen molar-refractivity contribution in [3.63, 3.8) is 0 Å². The van der Waals surface area contributed by atoms with Gasteiger partial charge in [0, 0.05) is 29.3 Å². The third-order valence-electron chi connectivity index (χ3n) is 3.72. The first-order valence-electron chi connectivity index (χ1n) is 6.96. The van der Waals surface area contributed by atoms with Crippen molar-refractivity contribution in [2.24, 2.45) is 11.7 Å². The van der Waals surface area contributed by atoms with Crippen molar-refractivity contribution in [1.29, 1.82) is 10.5 Å². The standard InChI is InChI=1S/C15H12N6O3S/c1-8-12(14(22)20(19-8)15(18)25)13(10(6-16)7-17)9-2-4-11(5-3-9)21(23)24/h2-5,10,13,19H,1H3,(H2,18,25). The number of aromatic amines is 1. The number of nitrogens with one attached hydrogen (secondary N) is 1. The fraction of sp³-hybridized carbons (Fsp3) is 0.200. The van der Waals surface area contributed by atoms with Crippen LogP contribution in [0.5, 0.6) is 0 Å². The van der Waals surface area contributed by atoms with Crippen LogP contribution in [0.15, 0.2) is 29.1 Å². The summed E-state index contributed by atoms with van der Waals surface area (Å²) in [5.41, 5.74) is 5.77. The lowest BCUT2D eigenvalue weighted by atomic mass is 9.82. The van der Waals surface area contributed by atoms with Crippen molar-refractivity contribution in [2.75, 3.05) is 0 Å². The van der Waals surface area contributed by atoms with Crippen LogP contribution in [-0.2, 0) is 0 Å². The van der Waals surface area contributed by atoms with Crippen LogP contribution in [0.25, 0.3) is 0 Å². The molecule has 9 nitrogen and oxygen atoms in total. The van der Waals surface area contributed by atoms with Crippen molar-refractivity contribution in [1.82, 2.24) is 9.78 Å². The summed E-state index contributed by atoms with van der Waals surface area (Å²) in [7, 11) is 0. The van der Waals surface area contributed by atoms with Crippen molar-refractivity contribution in [3.8, 4) is 12.1 Å². The van der Waals surface area contributed by atoms with Crippen LogP contribution < -0.4 is 11.3 Å². The van der Waals surface area contributed by atoms with E-state index in [2.05, 4.69) is 5.10 Å². The molecule has 1 atom stereocenters. The van der Waals surface area contributed by atoms with Gasteiger partial charge in [-0.3, -0.25) is 20.0 Å². The van der Waals surface area contributed by atoms with Gasteiger partial charge in [-0.25, -0.2) is 0 Å². The molecule has 1 heterocycles. The maximum absolute atomic E-state index is 12.6. The topological polar surface area (TPSA) is 155 Å². The highest BCUT2D eigenvalue weighted by molar-refractivity contribution is 7.80. The van der Waals surface area contributed by atoms with Crippen LogP contribution >= 0.6 is 12.2 Å². The van der Waals surface area contributed by atoms with Gasteiger partial charge in [0.15, 0.2) is 5.11 Å². The molecule has 1 unspecified atom stereocenters. The molecular formula is C15H12N6O3S. The second-order valence-corrected chi connectivity index (χ2v) is 5.61. The molecule has 126 valence electrons. The van der Waals surface area contributed by atoms with Gasteiger partial charge in [-0.1, -0.05) is 12.1 Å². The molecule has 2 rings (SSSR count). The van der Waals surface area contributed by atoms with Gasteiger partial charge in [0.2, 0.25) is 0 Å². The monoisotopic (exact) mass is 356 g/mol. The van der Waals surface area contributed by atoms with Gasteiger partial charge in [-0.05, 0) is 24.7 Å². The number of rotatable bonds is 4. The number of nitriles is 2. The third kappa shape index (κ3) is 3.24. The zero-order valence-electron chi connectivity index (χ0n) is 13.0. The predicted octanol–water partition coefficient (Wildman–Crippen LogP) is 1.28. The molecule has 0 saturated heterocycles. The number of nitro groups is 1. The second-order valence-electron chi connectivity index (χ2n) is 5.19. The molecule has 0 bridgehead atoms. The SMILES string of the molecule is Cc1[nH]n(C(N)=S)c(=O)c1C(c1ccc([N+](=O)[O-])cc1)C(C#N)C#N. The lowest BCUT2D eigenvalue weighted by Crippen LogP contribution is -2.32. The zero-order chi connectivity index (χ0) is 18.7. The summed E-state index contributed by atoms with van der Waals surface area (Å²) >= 11 is 4.80. The molecule has 2 aromatic rings. The first-order valence-corrected chi connectivity index (χ1v) is 7.37. The Morgan fingerprint density at radius 2 is 1.92 bits per heavy atom. The summed E-state index contributed by atoms with van der Waals surface area (Å²) in [6.45, 7) is 1.59. The lowest BCUT2D eigenvalue weighted by Gasteiger charge is -2.16. The molecule has 3 N–H and O–H groups in total.